The quantitative estimate of drug-likeness (QED) is 0.202. The third-order valence-electron chi connectivity index (χ3n) is 6.28. The number of alkyl halides is 10. The molecule has 2 nitrogen and oxygen atoms in total. The number of hydrogen-bond acceptors (Lipinski definition) is 1. The number of Topliss-reactive ketones (excluding diaryl/α,β-unsaturated/α-hetero) is 1. The molecule has 1 aliphatic carbocycles. The molecule has 2 aromatic carbocycles. The third-order valence-corrected chi connectivity index (χ3v) is 6.90. The summed E-state index contributed by atoms with van der Waals surface area (Å²) in [5.74, 6) is 0.0119. The van der Waals surface area contributed by atoms with E-state index < -0.39 is 52.0 Å². The number of hydrogen-bond donors (Lipinski definition) is 0. The van der Waals surface area contributed by atoms with Gasteiger partial charge in [-0.25, -0.2) is 4.39 Å². The highest BCUT2D eigenvalue weighted by atomic mass is 35.5. The summed E-state index contributed by atoms with van der Waals surface area (Å²) in [6, 6.07) is 4.65. The van der Waals surface area contributed by atoms with Gasteiger partial charge in [-0.05, 0) is 55.2 Å². The Morgan fingerprint density at radius 1 is 0.846 bits per heavy atom. The molecule has 1 fully saturated rings. The maximum absolute atomic E-state index is 14.5. The second kappa shape index (κ2) is 9.72. The maximum Gasteiger partial charge on any atom is 0.435 e. The molecule has 0 atom stereocenters. The summed E-state index contributed by atoms with van der Waals surface area (Å²) < 4.78 is 137. The monoisotopic (exact) mass is 605 g/mol. The topological polar surface area (TPSA) is 22.0 Å². The van der Waals surface area contributed by atoms with Crippen LogP contribution in [0.4, 0.5) is 43.9 Å². The molecular weight excluding hydrogens is 591 g/mol. The number of aromatic nitrogens is 1. The molecule has 0 aliphatic heterocycles. The molecule has 14 heteroatoms. The van der Waals surface area contributed by atoms with Gasteiger partial charge >= 0.3 is 24.2 Å². The highest BCUT2D eigenvalue weighted by molar-refractivity contribution is 6.34. The van der Waals surface area contributed by atoms with Gasteiger partial charge in [0.2, 0.25) is 0 Å². The van der Waals surface area contributed by atoms with Crippen molar-refractivity contribution in [3.63, 3.8) is 0 Å². The van der Waals surface area contributed by atoms with E-state index in [9.17, 15) is 48.7 Å². The minimum atomic E-state index is -6.63. The summed E-state index contributed by atoms with van der Waals surface area (Å²) in [5, 5.41) is -1.04. The predicted molar refractivity (Wildman–Crippen MR) is 123 cm³/mol. The van der Waals surface area contributed by atoms with Crippen molar-refractivity contribution in [1.29, 1.82) is 0 Å². The van der Waals surface area contributed by atoms with E-state index in [1.165, 1.54) is 29.0 Å². The van der Waals surface area contributed by atoms with Crippen LogP contribution in [0.2, 0.25) is 10.0 Å². The Hall–Kier alpha value is -2.73. The minimum absolute atomic E-state index is 0.124. The summed E-state index contributed by atoms with van der Waals surface area (Å²) in [4.78, 5) is 12.6. The van der Waals surface area contributed by atoms with Gasteiger partial charge < -0.3 is 4.57 Å². The van der Waals surface area contributed by atoms with Crippen LogP contribution < -0.4 is 0 Å². The number of halogens is 12. The summed E-state index contributed by atoms with van der Waals surface area (Å²) in [7, 11) is 0. The molecular formula is C25H15Cl2F10NO. The van der Waals surface area contributed by atoms with E-state index in [1.54, 1.807) is 0 Å². The molecule has 1 saturated carbocycles. The lowest BCUT2D eigenvalue weighted by molar-refractivity contribution is -0.348. The smallest absolute Gasteiger partial charge is 0.323 e. The first-order chi connectivity index (χ1) is 17.8. The van der Waals surface area contributed by atoms with Crippen molar-refractivity contribution in [1.82, 2.24) is 4.57 Å². The van der Waals surface area contributed by atoms with Crippen LogP contribution in [-0.4, -0.2) is 22.7 Å². The van der Waals surface area contributed by atoms with E-state index in [4.69, 9.17) is 23.2 Å². The van der Waals surface area contributed by atoms with E-state index in [2.05, 4.69) is 0 Å². The molecule has 0 saturated heterocycles. The van der Waals surface area contributed by atoms with E-state index >= 15 is 0 Å². The molecule has 0 N–H and O–H groups in total. The average Bonchev–Trinajstić information content (AvgIpc) is 3.48. The fourth-order valence-corrected chi connectivity index (χ4v) is 4.65. The van der Waals surface area contributed by atoms with Crippen molar-refractivity contribution in [3.8, 4) is 16.8 Å². The molecule has 0 spiro atoms. The Balaban J connectivity index is 1.82. The molecule has 1 aliphatic rings. The largest absolute Gasteiger partial charge is 0.435 e. The Labute approximate surface area is 224 Å². The number of ketones is 1. The van der Waals surface area contributed by atoms with E-state index in [0.717, 1.165) is 25.1 Å². The van der Waals surface area contributed by atoms with Crippen molar-refractivity contribution in [3.05, 3.63) is 75.5 Å². The fraction of sp³-hybridized carbons (Fsp3) is 0.320. The van der Waals surface area contributed by atoms with Crippen LogP contribution in [0.3, 0.4) is 0 Å². The van der Waals surface area contributed by atoms with Gasteiger partial charge in [0.25, 0.3) is 0 Å². The predicted octanol–water partition coefficient (Wildman–Crippen LogP) is 9.74. The highest BCUT2D eigenvalue weighted by Gasteiger charge is 2.73. The molecule has 1 heterocycles. The zero-order valence-corrected chi connectivity index (χ0v) is 20.7. The summed E-state index contributed by atoms with van der Waals surface area (Å²) in [5.41, 5.74) is -11.3. The van der Waals surface area contributed by atoms with Crippen LogP contribution >= 0.6 is 23.2 Å². The number of rotatable bonds is 6. The second-order valence-corrected chi connectivity index (χ2v) is 9.89. The molecule has 210 valence electrons. The Kier molecular flexibility index (Phi) is 7.29. The Bertz CT molecular complexity index is 1400. The van der Waals surface area contributed by atoms with Gasteiger partial charge in [0.1, 0.15) is 0 Å². The van der Waals surface area contributed by atoms with E-state index in [0.29, 0.717) is 0 Å². The number of carbonyl (C=O) groups excluding carboxylic acids is 1. The zero-order valence-electron chi connectivity index (χ0n) is 19.2. The summed E-state index contributed by atoms with van der Waals surface area (Å²) in [6.45, 7) is 0. The first kappa shape index (κ1) is 29.3. The summed E-state index contributed by atoms with van der Waals surface area (Å²) >= 11 is 11.9. The number of nitrogens with zero attached hydrogens (tertiary/aromatic N) is 1. The van der Waals surface area contributed by atoms with Gasteiger partial charge in [0.15, 0.2) is 5.78 Å². The van der Waals surface area contributed by atoms with Crippen molar-refractivity contribution < 1.29 is 48.7 Å². The van der Waals surface area contributed by atoms with Crippen molar-refractivity contribution in [2.75, 3.05) is 0 Å². The lowest BCUT2D eigenvalue weighted by Crippen LogP contribution is -2.50. The lowest BCUT2D eigenvalue weighted by atomic mass is 9.89. The molecule has 39 heavy (non-hydrogen) atoms. The van der Waals surface area contributed by atoms with Crippen molar-refractivity contribution in [2.24, 2.45) is 5.92 Å². The van der Waals surface area contributed by atoms with Crippen LogP contribution in [0.15, 0.2) is 48.8 Å². The molecule has 1 aromatic heterocycles. The van der Waals surface area contributed by atoms with Crippen LogP contribution in [0.1, 0.15) is 40.7 Å². The van der Waals surface area contributed by atoms with Gasteiger partial charge in [-0.1, -0.05) is 23.2 Å². The number of benzene rings is 2. The second-order valence-electron chi connectivity index (χ2n) is 9.07. The van der Waals surface area contributed by atoms with E-state index in [1.807, 2.05) is 0 Å². The normalized spacial score (nSPS) is 15.1. The van der Waals surface area contributed by atoms with Gasteiger partial charge in [-0.15, -0.1) is 0 Å². The van der Waals surface area contributed by atoms with Crippen LogP contribution in [0, 0.1) is 5.92 Å². The minimum Gasteiger partial charge on any atom is -0.323 e. The molecule has 0 radical (unpaired) electrons. The van der Waals surface area contributed by atoms with Crippen LogP contribution in [-0.2, 0) is 11.8 Å². The molecule has 4 rings (SSSR count). The van der Waals surface area contributed by atoms with Gasteiger partial charge in [0, 0.05) is 51.8 Å². The third kappa shape index (κ3) is 5.50. The standard InChI is InChI=1S/C25H15Cl2F10NO/c26-18-4-3-15(10-16(18)20(39)7-12-1-2-12)38-6-5-13(11-38)21-17(23(29,30)31)8-14(9-19(21)27)22(28,24(32,33)34)25(35,36)37/h3-6,8-12H,1-2,7H2. The fourth-order valence-electron chi connectivity index (χ4n) is 4.10. The molecule has 3 aromatic rings. The Morgan fingerprint density at radius 3 is 2.00 bits per heavy atom. The highest BCUT2D eigenvalue weighted by Crippen LogP contribution is 2.55. The van der Waals surface area contributed by atoms with Gasteiger partial charge in [0.05, 0.1) is 10.6 Å². The molecule has 0 amide bonds. The SMILES string of the molecule is O=C(CC1CC1)c1cc(-n2ccc(-c3c(Cl)cc(C(F)(C(F)(F)F)C(F)(F)F)cc3C(F)(F)F)c2)ccc1Cl. The van der Waals surface area contributed by atoms with E-state index in [-0.39, 0.29) is 46.0 Å². The first-order valence-corrected chi connectivity index (χ1v) is 11.8. The summed E-state index contributed by atoms with van der Waals surface area (Å²) in [6.07, 6.45) is -14.4. The van der Waals surface area contributed by atoms with Gasteiger partial charge in [-0.3, -0.25) is 4.79 Å². The van der Waals surface area contributed by atoms with Crippen molar-refractivity contribution in [2.45, 2.75) is 43.5 Å². The molecule has 0 bridgehead atoms. The Morgan fingerprint density at radius 2 is 1.46 bits per heavy atom. The van der Waals surface area contributed by atoms with Crippen molar-refractivity contribution >= 4 is 29.0 Å². The zero-order chi connectivity index (χ0) is 29.1. The first-order valence-electron chi connectivity index (χ1n) is 11.1. The number of carbonyl (C=O) groups is 1. The lowest BCUT2D eigenvalue weighted by Gasteiger charge is -2.31. The average molecular weight is 606 g/mol. The van der Waals surface area contributed by atoms with Gasteiger partial charge in [-0.2, -0.15) is 39.5 Å². The molecule has 0 unspecified atom stereocenters. The van der Waals surface area contributed by atoms with Crippen LogP contribution in [0.5, 0.6) is 0 Å². The van der Waals surface area contributed by atoms with Crippen LogP contribution in [0.25, 0.3) is 16.8 Å². The maximum atomic E-state index is 14.5.